The van der Waals surface area contributed by atoms with Gasteiger partial charge in [-0.2, -0.15) is 0 Å². The quantitative estimate of drug-likeness (QED) is 0.771. The van der Waals surface area contributed by atoms with Crippen molar-refractivity contribution in [2.45, 2.75) is 25.7 Å². The van der Waals surface area contributed by atoms with Gasteiger partial charge in [-0.05, 0) is 37.0 Å². The zero-order chi connectivity index (χ0) is 16.7. The van der Waals surface area contributed by atoms with Gasteiger partial charge in [-0.15, -0.1) is 0 Å². The Bertz CT molecular complexity index is 554. The summed E-state index contributed by atoms with van der Waals surface area (Å²) < 4.78 is 10.4. The Labute approximate surface area is 136 Å². The van der Waals surface area contributed by atoms with Crippen LogP contribution in [0.3, 0.4) is 0 Å². The third kappa shape index (κ3) is 4.87. The standard InChI is InChI=1S/C17H24N2O4/c1-22-14-6-5-13(11-15(14)23-2)7-8-18-16(20)12-17(21)19-9-3-4-10-19/h5-6,11H,3-4,7-10,12H2,1-2H3,(H,18,20). The summed E-state index contributed by atoms with van der Waals surface area (Å²) in [5.41, 5.74) is 1.04. The fourth-order valence-electron chi connectivity index (χ4n) is 2.66. The number of carbonyl (C=O) groups is 2. The molecule has 6 nitrogen and oxygen atoms in total. The van der Waals surface area contributed by atoms with Crippen LogP contribution in [0.15, 0.2) is 18.2 Å². The van der Waals surface area contributed by atoms with Crippen LogP contribution in [0.1, 0.15) is 24.8 Å². The number of hydrogen-bond donors (Lipinski definition) is 1. The molecule has 126 valence electrons. The lowest BCUT2D eigenvalue weighted by Crippen LogP contribution is -2.34. The van der Waals surface area contributed by atoms with Crippen molar-refractivity contribution in [3.05, 3.63) is 23.8 Å². The highest BCUT2D eigenvalue weighted by Gasteiger charge is 2.20. The third-order valence-electron chi connectivity index (χ3n) is 3.95. The first-order chi connectivity index (χ1) is 11.1. The van der Waals surface area contributed by atoms with Crippen LogP contribution < -0.4 is 14.8 Å². The molecule has 0 aromatic heterocycles. The number of methoxy groups -OCH3 is 2. The number of ether oxygens (including phenoxy) is 2. The third-order valence-corrected chi connectivity index (χ3v) is 3.95. The van der Waals surface area contributed by atoms with Crippen LogP contribution >= 0.6 is 0 Å². The van der Waals surface area contributed by atoms with Crippen molar-refractivity contribution < 1.29 is 19.1 Å². The minimum atomic E-state index is -0.220. The lowest BCUT2D eigenvalue weighted by Gasteiger charge is -2.15. The van der Waals surface area contributed by atoms with E-state index in [-0.39, 0.29) is 18.2 Å². The van der Waals surface area contributed by atoms with Gasteiger partial charge in [0.25, 0.3) is 0 Å². The van der Waals surface area contributed by atoms with Crippen LogP contribution in [0.5, 0.6) is 11.5 Å². The highest BCUT2D eigenvalue weighted by Crippen LogP contribution is 2.27. The number of likely N-dealkylation sites (tertiary alicyclic amines) is 1. The van der Waals surface area contributed by atoms with Crippen molar-refractivity contribution in [2.24, 2.45) is 0 Å². The Hall–Kier alpha value is -2.24. The molecule has 2 rings (SSSR count). The molecule has 6 heteroatoms. The summed E-state index contributed by atoms with van der Waals surface area (Å²) in [5, 5.41) is 2.79. The van der Waals surface area contributed by atoms with Crippen molar-refractivity contribution in [2.75, 3.05) is 33.9 Å². The van der Waals surface area contributed by atoms with E-state index < -0.39 is 0 Å². The molecular weight excluding hydrogens is 296 g/mol. The normalized spacial score (nSPS) is 13.7. The summed E-state index contributed by atoms with van der Waals surface area (Å²) >= 11 is 0. The summed E-state index contributed by atoms with van der Waals surface area (Å²) in [5.74, 6) is 1.05. The molecule has 1 aromatic carbocycles. The predicted molar refractivity (Wildman–Crippen MR) is 86.7 cm³/mol. The predicted octanol–water partition coefficient (Wildman–Crippen LogP) is 1.38. The monoisotopic (exact) mass is 320 g/mol. The van der Waals surface area contributed by atoms with Crippen LogP contribution in [-0.2, 0) is 16.0 Å². The Morgan fingerprint density at radius 2 is 1.83 bits per heavy atom. The molecule has 0 radical (unpaired) electrons. The van der Waals surface area contributed by atoms with Crippen LogP contribution in [-0.4, -0.2) is 50.6 Å². The zero-order valence-electron chi connectivity index (χ0n) is 13.8. The highest BCUT2D eigenvalue weighted by atomic mass is 16.5. The average molecular weight is 320 g/mol. The Morgan fingerprint density at radius 3 is 2.48 bits per heavy atom. The van der Waals surface area contributed by atoms with E-state index in [1.807, 2.05) is 18.2 Å². The van der Waals surface area contributed by atoms with Gasteiger partial charge in [0, 0.05) is 19.6 Å². The van der Waals surface area contributed by atoms with Gasteiger partial charge >= 0.3 is 0 Å². The molecule has 0 saturated carbocycles. The van der Waals surface area contributed by atoms with E-state index in [4.69, 9.17) is 9.47 Å². The first-order valence-electron chi connectivity index (χ1n) is 7.89. The second-order valence-corrected chi connectivity index (χ2v) is 5.55. The molecule has 0 spiro atoms. The van der Waals surface area contributed by atoms with E-state index in [1.54, 1.807) is 19.1 Å². The van der Waals surface area contributed by atoms with Crippen LogP contribution in [0.4, 0.5) is 0 Å². The van der Waals surface area contributed by atoms with E-state index in [2.05, 4.69) is 5.32 Å². The maximum atomic E-state index is 11.9. The average Bonchev–Trinajstić information content (AvgIpc) is 3.09. The van der Waals surface area contributed by atoms with E-state index in [0.29, 0.717) is 24.5 Å². The van der Waals surface area contributed by atoms with Crippen molar-refractivity contribution in [1.29, 1.82) is 0 Å². The molecule has 1 aliphatic rings. The maximum Gasteiger partial charge on any atom is 0.232 e. The molecule has 0 atom stereocenters. The van der Waals surface area contributed by atoms with Crippen molar-refractivity contribution in [1.82, 2.24) is 10.2 Å². The van der Waals surface area contributed by atoms with Gasteiger partial charge in [0.2, 0.25) is 11.8 Å². The summed E-state index contributed by atoms with van der Waals surface area (Å²) in [6.45, 7) is 2.04. The molecule has 0 aliphatic carbocycles. The van der Waals surface area contributed by atoms with Gasteiger partial charge in [0.15, 0.2) is 11.5 Å². The van der Waals surface area contributed by atoms with Gasteiger partial charge < -0.3 is 19.7 Å². The lowest BCUT2D eigenvalue weighted by atomic mass is 10.1. The molecule has 0 unspecified atom stereocenters. The van der Waals surface area contributed by atoms with E-state index in [0.717, 1.165) is 31.5 Å². The molecule has 1 aromatic rings. The summed E-state index contributed by atoms with van der Waals surface area (Å²) in [6, 6.07) is 5.66. The van der Waals surface area contributed by atoms with Gasteiger partial charge in [0.1, 0.15) is 6.42 Å². The van der Waals surface area contributed by atoms with Crippen molar-refractivity contribution in [3.8, 4) is 11.5 Å². The number of benzene rings is 1. The van der Waals surface area contributed by atoms with Crippen molar-refractivity contribution in [3.63, 3.8) is 0 Å². The largest absolute Gasteiger partial charge is 0.493 e. The van der Waals surface area contributed by atoms with Gasteiger partial charge in [-0.1, -0.05) is 6.07 Å². The van der Waals surface area contributed by atoms with Crippen LogP contribution in [0.2, 0.25) is 0 Å². The second-order valence-electron chi connectivity index (χ2n) is 5.55. The van der Waals surface area contributed by atoms with E-state index >= 15 is 0 Å². The van der Waals surface area contributed by atoms with E-state index in [9.17, 15) is 9.59 Å². The van der Waals surface area contributed by atoms with Crippen molar-refractivity contribution >= 4 is 11.8 Å². The fourth-order valence-corrected chi connectivity index (χ4v) is 2.66. The Kier molecular flexibility index (Phi) is 6.26. The topological polar surface area (TPSA) is 67.9 Å². The smallest absolute Gasteiger partial charge is 0.232 e. The highest BCUT2D eigenvalue weighted by molar-refractivity contribution is 5.96. The number of amides is 2. The van der Waals surface area contributed by atoms with Gasteiger partial charge in [0.05, 0.1) is 14.2 Å². The Morgan fingerprint density at radius 1 is 1.13 bits per heavy atom. The molecule has 23 heavy (non-hydrogen) atoms. The molecule has 0 bridgehead atoms. The second kappa shape index (κ2) is 8.41. The summed E-state index contributed by atoms with van der Waals surface area (Å²) in [4.78, 5) is 25.5. The molecule has 2 amide bonds. The van der Waals surface area contributed by atoms with Gasteiger partial charge in [-0.3, -0.25) is 9.59 Å². The SMILES string of the molecule is COc1ccc(CCNC(=O)CC(=O)N2CCCC2)cc1OC. The number of carbonyl (C=O) groups excluding carboxylic acids is 2. The summed E-state index contributed by atoms with van der Waals surface area (Å²) in [6.07, 6.45) is 2.68. The number of rotatable bonds is 7. The lowest BCUT2D eigenvalue weighted by molar-refractivity contribution is -0.135. The van der Waals surface area contributed by atoms with Crippen LogP contribution in [0, 0.1) is 0 Å². The maximum absolute atomic E-state index is 11.9. The first kappa shape index (κ1) is 17.1. The summed E-state index contributed by atoms with van der Waals surface area (Å²) in [7, 11) is 3.18. The molecular formula is C17H24N2O4. The molecule has 1 aliphatic heterocycles. The zero-order valence-corrected chi connectivity index (χ0v) is 13.8. The molecule has 1 saturated heterocycles. The first-order valence-corrected chi connectivity index (χ1v) is 7.89. The number of nitrogens with one attached hydrogen (secondary N) is 1. The van der Waals surface area contributed by atoms with E-state index in [1.165, 1.54) is 0 Å². The minimum Gasteiger partial charge on any atom is -0.493 e. The number of nitrogens with zero attached hydrogens (tertiary/aromatic N) is 1. The minimum absolute atomic E-state index is 0.0636. The van der Waals surface area contributed by atoms with Gasteiger partial charge in [-0.25, -0.2) is 0 Å². The molecule has 1 N–H and O–H groups in total. The number of hydrogen-bond acceptors (Lipinski definition) is 4. The Balaban J connectivity index is 1.75. The molecule has 1 fully saturated rings. The fraction of sp³-hybridized carbons (Fsp3) is 0.529. The molecule has 1 heterocycles. The van der Waals surface area contributed by atoms with Crippen LogP contribution in [0.25, 0.3) is 0 Å².